The fraction of sp³-hybridized carbons (Fsp3) is 0.211. The zero-order valence-electron chi connectivity index (χ0n) is 14.6. The molecule has 134 valence electrons. The number of hydrazone groups is 1. The fourth-order valence-corrected chi connectivity index (χ4v) is 2.05. The van der Waals surface area contributed by atoms with Gasteiger partial charge in [0.05, 0.1) is 24.5 Å². The average molecular weight is 355 g/mol. The molecule has 0 heterocycles. The van der Waals surface area contributed by atoms with Crippen LogP contribution in [0.2, 0.25) is 0 Å². The highest BCUT2D eigenvalue weighted by Crippen LogP contribution is 2.18. The molecule has 0 unspecified atom stereocenters. The number of methoxy groups -OCH3 is 1. The predicted octanol–water partition coefficient (Wildman–Crippen LogP) is 3.01. The molecule has 2 rings (SSSR count). The van der Waals surface area contributed by atoms with Gasteiger partial charge in [-0.25, -0.2) is 9.82 Å². The van der Waals surface area contributed by atoms with E-state index in [1.165, 1.54) is 19.2 Å². The maximum Gasteiger partial charge on any atom is 0.280 e. The minimum absolute atomic E-state index is 0.134. The van der Waals surface area contributed by atoms with Gasteiger partial charge in [-0.1, -0.05) is 0 Å². The molecule has 0 saturated carbocycles. The first-order chi connectivity index (χ1) is 12.4. The van der Waals surface area contributed by atoms with Crippen LogP contribution in [0.1, 0.15) is 25.0 Å². The fourth-order valence-electron chi connectivity index (χ4n) is 2.05. The third-order valence-electron chi connectivity index (χ3n) is 3.57. The molecule has 0 spiro atoms. The number of nitrogens with zero attached hydrogens (tertiary/aromatic N) is 2. The van der Waals surface area contributed by atoms with Crippen LogP contribution in [0.25, 0.3) is 0 Å². The van der Waals surface area contributed by atoms with Crippen LogP contribution in [0.4, 0.5) is 4.39 Å². The third-order valence-corrected chi connectivity index (χ3v) is 3.57. The Bertz CT molecular complexity index is 857. The standard InChI is InChI=1S/C19H18FN3O3/c1-12(15-6-9-18(25-3)17(20)10-15)22-23-19(24)13(2)26-16-7-4-14(11-21)5-8-16/h4-10,13H,1-3H3,(H,23,24)/b22-12-/t13-/m1/s1. The van der Waals surface area contributed by atoms with Crippen molar-refractivity contribution in [3.63, 3.8) is 0 Å². The van der Waals surface area contributed by atoms with Crippen LogP contribution in [-0.4, -0.2) is 24.8 Å². The highest BCUT2D eigenvalue weighted by Gasteiger charge is 2.14. The Hall–Kier alpha value is -3.40. The van der Waals surface area contributed by atoms with Gasteiger partial charge in [0.15, 0.2) is 17.7 Å². The Morgan fingerprint density at radius 1 is 1.27 bits per heavy atom. The number of nitrogens with one attached hydrogen (secondary N) is 1. The number of hydrogen-bond donors (Lipinski definition) is 1. The van der Waals surface area contributed by atoms with Gasteiger partial charge in [0.25, 0.3) is 5.91 Å². The monoisotopic (exact) mass is 355 g/mol. The average Bonchev–Trinajstić information content (AvgIpc) is 2.66. The number of benzene rings is 2. The lowest BCUT2D eigenvalue weighted by Gasteiger charge is -2.13. The van der Waals surface area contributed by atoms with Crippen LogP contribution in [0.3, 0.4) is 0 Å². The highest BCUT2D eigenvalue weighted by molar-refractivity contribution is 5.99. The van der Waals surface area contributed by atoms with E-state index in [2.05, 4.69) is 10.5 Å². The quantitative estimate of drug-likeness (QED) is 0.638. The van der Waals surface area contributed by atoms with Crippen LogP contribution in [0.5, 0.6) is 11.5 Å². The summed E-state index contributed by atoms with van der Waals surface area (Å²) in [6, 6.07) is 12.8. The molecule has 0 aliphatic heterocycles. The molecular formula is C19H18FN3O3. The first kappa shape index (κ1) is 18.9. The number of ether oxygens (including phenoxy) is 2. The molecule has 0 bridgehead atoms. The SMILES string of the molecule is COc1ccc(/C(C)=N\NC(=O)[C@@H](C)Oc2ccc(C#N)cc2)cc1F. The third kappa shape index (κ3) is 4.80. The summed E-state index contributed by atoms with van der Waals surface area (Å²) in [7, 11) is 1.38. The second-order valence-electron chi connectivity index (χ2n) is 5.42. The minimum atomic E-state index is -0.799. The van der Waals surface area contributed by atoms with Crippen molar-refractivity contribution in [1.29, 1.82) is 5.26 Å². The van der Waals surface area contributed by atoms with Crippen molar-refractivity contribution in [2.24, 2.45) is 5.10 Å². The molecule has 1 N–H and O–H groups in total. The molecule has 2 aromatic rings. The van der Waals surface area contributed by atoms with Gasteiger partial charge in [0.2, 0.25) is 0 Å². The van der Waals surface area contributed by atoms with Gasteiger partial charge < -0.3 is 9.47 Å². The number of carbonyl (C=O) groups is 1. The van der Waals surface area contributed by atoms with E-state index >= 15 is 0 Å². The zero-order chi connectivity index (χ0) is 19.1. The maximum atomic E-state index is 13.7. The summed E-state index contributed by atoms with van der Waals surface area (Å²) in [5.41, 5.74) is 3.84. The second-order valence-corrected chi connectivity index (χ2v) is 5.42. The van der Waals surface area contributed by atoms with E-state index in [0.29, 0.717) is 22.6 Å². The second kappa shape index (κ2) is 8.62. The molecule has 0 fully saturated rings. The topological polar surface area (TPSA) is 83.7 Å². The molecule has 1 atom stereocenters. The summed E-state index contributed by atoms with van der Waals surface area (Å²) in [6.45, 7) is 3.22. The van der Waals surface area contributed by atoms with E-state index < -0.39 is 17.8 Å². The van der Waals surface area contributed by atoms with Gasteiger partial charge in [0, 0.05) is 5.56 Å². The first-order valence-corrected chi connectivity index (χ1v) is 7.79. The van der Waals surface area contributed by atoms with Crippen LogP contribution in [-0.2, 0) is 4.79 Å². The van der Waals surface area contributed by atoms with Gasteiger partial charge in [-0.05, 0) is 56.3 Å². The van der Waals surface area contributed by atoms with Crippen molar-refractivity contribution < 1.29 is 18.7 Å². The smallest absolute Gasteiger partial charge is 0.280 e. The van der Waals surface area contributed by atoms with Crippen molar-refractivity contribution >= 4 is 11.6 Å². The first-order valence-electron chi connectivity index (χ1n) is 7.79. The van der Waals surface area contributed by atoms with Crippen molar-refractivity contribution in [1.82, 2.24) is 5.43 Å². The molecule has 6 nitrogen and oxygen atoms in total. The molecule has 0 radical (unpaired) electrons. The van der Waals surface area contributed by atoms with E-state index in [4.69, 9.17) is 14.7 Å². The van der Waals surface area contributed by atoms with Crippen molar-refractivity contribution in [2.75, 3.05) is 7.11 Å². The number of halogens is 1. The summed E-state index contributed by atoms with van der Waals surface area (Å²) in [4.78, 5) is 12.1. The predicted molar refractivity (Wildman–Crippen MR) is 94.6 cm³/mol. The molecule has 26 heavy (non-hydrogen) atoms. The number of carbonyl (C=O) groups excluding carboxylic acids is 1. The maximum absolute atomic E-state index is 13.7. The minimum Gasteiger partial charge on any atom is -0.494 e. The Kier molecular flexibility index (Phi) is 6.28. The van der Waals surface area contributed by atoms with Crippen LogP contribution in [0, 0.1) is 17.1 Å². The van der Waals surface area contributed by atoms with Crippen molar-refractivity contribution in [3.8, 4) is 17.6 Å². The molecule has 7 heteroatoms. The molecule has 1 amide bonds. The largest absolute Gasteiger partial charge is 0.494 e. The van der Waals surface area contributed by atoms with E-state index in [1.807, 2.05) is 6.07 Å². The van der Waals surface area contributed by atoms with Crippen molar-refractivity contribution in [3.05, 3.63) is 59.4 Å². The normalized spacial score (nSPS) is 12.0. The van der Waals surface area contributed by atoms with Gasteiger partial charge in [-0.2, -0.15) is 10.4 Å². The molecule has 0 aliphatic rings. The van der Waals surface area contributed by atoms with Crippen LogP contribution < -0.4 is 14.9 Å². The Balaban J connectivity index is 1.98. The van der Waals surface area contributed by atoms with Crippen LogP contribution in [0.15, 0.2) is 47.6 Å². The number of amides is 1. The van der Waals surface area contributed by atoms with E-state index in [-0.39, 0.29) is 5.75 Å². The Morgan fingerprint density at radius 3 is 2.54 bits per heavy atom. The molecule has 0 saturated heterocycles. The Morgan fingerprint density at radius 2 is 1.96 bits per heavy atom. The number of rotatable bonds is 6. The summed E-state index contributed by atoms with van der Waals surface area (Å²) in [6.07, 6.45) is -0.799. The number of nitriles is 1. The summed E-state index contributed by atoms with van der Waals surface area (Å²) in [5.74, 6) is -0.370. The van der Waals surface area contributed by atoms with E-state index in [0.717, 1.165) is 0 Å². The lowest BCUT2D eigenvalue weighted by Crippen LogP contribution is -2.33. The lowest BCUT2D eigenvalue weighted by atomic mass is 10.1. The van der Waals surface area contributed by atoms with Gasteiger partial charge >= 0.3 is 0 Å². The highest BCUT2D eigenvalue weighted by atomic mass is 19.1. The zero-order valence-corrected chi connectivity index (χ0v) is 14.6. The van der Waals surface area contributed by atoms with E-state index in [9.17, 15) is 9.18 Å². The summed E-state index contributed by atoms with van der Waals surface area (Å²) < 4.78 is 24.1. The van der Waals surface area contributed by atoms with Gasteiger partial charge in [-0.3, -0.25) is 4.79 Å². The molecule has 2 aromatic carbocycles. The van der Waals surface area contributed by atoms with Gasteiger partial charge in [0.1, 0.15) is 5.75 Å². The van der Waals surface area contributed by atoms with Crippen LogP contribution >= 0.6 is 0 Å². The Labute approximate surface area is 150 Å². The van der Waals surface area contributed by atoms with E-state index in [1.54, 1.807) is 44.2 Å². The van der Waals surface area contributed by atoms with Crippen molar-refractivity contribution in [2.45, 2.75) is 20.0 Å². The molecule has 0 aromatic heterocycles. The summed E-state index contributed by atoms with van der Waals surface area (Å²) in [5, 5.41) is 12.7. The molecule has 0 aliphatic carbocycles. The number of hydrogen-bond acceptors (Lipinski definition) is 5. The molecular weight excluding hydrogens is 337 g/mol. The summed E-state index contributed by atoms with van der Waals surface area (Å²) >= 11 is 0. The lowest BCUT2D eigenvalue weighted by molar-refractivity contribution is -0.127. The van der Waals surface area contributed by atoms with Gasteiger partial charge in [-0.15, -0.1) is 0 Å².